The van der Waals surface area contributed by atoms with Gasteiger partial charge < -0.3 is 14.7 Å². The van der Waals surface area contributed by atoms with Crippen molar-refractivity contribution in [2.45, 2.75) is 45.0 Å². The van der Waals surface area contributed by atoms with Crippen LogP contribution in [0.15, 0.2) is 22.6 Å². The van der Waals surface area contributed by atoms with Gasteiger partial charge >= 0.3 is 6.09 Å². The van der Waals surface area contributed by atoms with Gasteiger partial charge in [-0.25, -0.2) is 9.00 Å². The van der Waals surface area contributed by atoms with E-state index in [0.29, 0.717) is 24.2 Å². The first-order valence-electron chi connectivity index (χ1n) is 8.86. The molecule has 0 aliphatic heterocycles. The molecule has 0 aliphatic carbocycles. The van der Waals surface area contributed by atoms with Gasteiger partial charge in [0.2, 0.25) is 0 Å². The maximum atomic E-state index is 12.7. The topological polar surface area (TPSA) is 122 Å². The molecule has 0 saturated carbocycles. The number of ether oxygens (including phenoxy) is 1. The van der Waals surface area contributed by atoms with E-state index in [1.807, 2.05) is 4.90 Å². The van der Waals surface area contributed by atoms with Crippen LogP contribution in [0.1, 0.15) is 39.2 Å². The average molecular weight is 416 g/mol. The van der Waals surface area contributed by atoms with Crippen LogP contribution >= 0.6 is 0 Å². The van der Waals surface area contributed by atoms with Crippen LogP contribution in [0, 0.1) is 10.1 Å². The Morgan fingerprint density at radius 3 is 2.50 bits per heavy atom. The quantitative estimate of drug-likeness (QED) is 0.392. The molecular formula is C18H29N3O6S. The Hall–Kier alpha value is -2.20. The smallest absolute Gasteiger partial charge is 0.442 e. The Balaban J connectivity index is 3.13. The van der Waals surface area contributed by atoms with Crippen LogP contribution in [0.25, 0.3) is 0 Å². The summed E-state index contributed by atoms with van der Waals surface area (Å²) in [5.41, 5.74) is 0.146. The van der Waals surface area contributed by atoms with Gasteiger partial charge in [-0.3, -0.25) is 10.1 Å². The lowest BCUT2D eigenvalue weighted by molar-refractivity contribution is -0.384. The van der Waals surface area contributed by atoms with Gasteiger partial charge in [-0.1, -0.05) is 0 Å². The second-order valence-corrected chi connectivity index (χ2v) is 10.0. The number of non-ortho nitro benzene ring substituents is 1. The molecule has 1 aromatic carbocycles. The molecule has 1 unspecified atom stereocenters. The monoisotopic (exact) mass is 415 g/mol. The third-order valence-corrected chi connectivity index (χ3v) is 5.02. The molecule has 0 radical (unpaired) electrons. The molecule has 9 nitrogen and oxygen atoms in total. The Morgan fingerprint density at radius 1 is 1.32 bits per heavy atom. The van der Waals surface area contributed by atoms with Crippen LogP contribution in [0.3, 0.4) is 0 Å². The summed E-state index contributed by atoms with van der Waals surface area (Å²) in [5, 5.41) is 20.2. The van der Waals surface area contributed by atoms with Gasteiger partial charge in [-0.15, -0.1) is 4.36 Å². The first kappa shape index (κ1) is 23.8. The summed E-state index contributed by atoms with van der Waals surface area (Å²) in [5.74, 6) is -0.120. The molecule has 0 saturated heterocycles. The third kappa shape index (κ3) is 8.66. The standard InChI is InChI=1S/C18H29N3O6S/c1-18(2,3)27-17(23)19-28(5,26)13-14-10-15(12-16(11-14)21(24)25)20(4)8-6-7-9-22/h10-12,22H,6-9,13H2,1-5H3. The molecule has 0 fully saturated rings. The van der Waals surface area contributed by atoms with Crippen molar-refractivity contribution in [3.63, 3.8) is 0 Å². The lowest BCUT2D eigenvalue weighted by Crippen LogP contribution is -2.22. The van der Waals surface area contributed by atoms with E-state index < -0.39 is 26.3 Å². The first-order chi connectivity index (χ1) is 12.8. The predicted molar refractivity (Wildman–Crippen MR) is 109 cm³/mol. The Morgan fingerprint density at radius 2 is 1.96 bits per heavy atom. The number of carbonyl (C=O) groups excluding carboxylic acids is 1. The minimum absolute atomic E-state index is 0.0814. The highest BCUT2D eigenvalue weighted by atomic mass is 32.2. The molecule has 0 aliphatic rings. The molecular weight excluding hydrogens is 386 g/mol. The van der Waals surface area contributed by atoms with Crippen LogP contribution in [0.4, 0.5) is 16.2 Å². The van der Waals surface area contributed by atoms with Gasteiger partial charge in [0, 0.05) is 44.3 Å². The summed E-state index contributed by atoms with van der Waals surface area (Å²) >= 11 is 0. The summed E-state index contributed by atoms with van der Waals surface area (Å²) in [6, 6.07) is 4.46. The second kappa shape index (κ2) is 9.83. The summed E-state index contributed by atoms with van der Waals surface area (Å²) in [6.45, 7) is 5.72. The normalized spacial score (nSPS) is 13.5. The van der Waals surface area contributed by atoms with E-state index in [-0.39, 0.29) is 18.0 Å². The maximum Gasteiger partial charge on any atom is 0.442 e. The number of unbranched alkanes of at least 4 members (excludes halogenated alkanes) is 1. The Kier molecular flexibility index (Phi) is 8.37. The molecule has 1 amide bonds. The van der Waals surface area contributed by atoms with E-state index in [2.05, 4.69) is 4.36 Å². The zero-order chi connectivity index (χ0) is 21.5. The number of hydrogen-bond acceptors (Lipinski definition) is 7. The van der Waals surface area contributed by atoms with Crippen LogP contribution < -0.4 is 4.90 Å². The van der Waals surface area contributed by atoms with Crippen molar-refractivity contribution in [1.29, 1.82) is 0 Å². The number of nitro benzene ring substituents is 1. The number of benzene rings is 1. The molecule has 1 atom stereocenters. The minimum atomic E-state index is -2.99. The van der Waals surface area contributed by atoms with E-state index in [1.165, 1.54) is 18.4 Å². The second-order valence-electron chi connectivity index (χ2n) is 7.64. The molecule has 158 valence electrons. The minimum Gasteiger partial charge on any atom is -0.442 e. The number of anilines is 1. The number of carbonyl (C=O) groups is 1. The van der Waals surface area contributed by atoms with Gasteiger partial charge in [-0.2, -0.15) is 0 Å². The fourth-order valence-electron chi connectivity index (χ4n) is 2.44. The van der Waals surface area contributed by atoms with Gasteiger partial charge in [0.05, 0.1) is 20.4 Å². The molecule has 1 rings (SSSR count). The van der Waals surface area contributed by atoms with Crippen molar-refractivity contribution in [1.82, 2.24) is 0 Å². The van der Waals surface area contributed by atoms with E-state index in [0.717, 1.165) is 6.42 Å². The van der Waals surface area contributed by atoms with Crippen molar-refractivity contribution in [3.8, 4) is 0 Å². The van der Waals surface area contributed by atoms with Gasteiger partial charge in [0.1, 0.15) is 5.60 Å². The van der Waals surface area contributed by atoms with Gasteiger partial charge in [-0.05, 0) is 45.2 Å². The summed E-state index contributed by atoms with van der Waals surface area (Å²) in [6.07, 6.45) is 1.75. The number of rotatable bonds is 8. The van der Waals surface area contributed by atoms with E-state index in [4.69, 9.17) is 9.84 Å². The number of aliphatic hydroxyl groups excluding tert-OH is 1. The Bertz CT molecular complexity index is 825. The van der Waals surface area contributed by atoms with E-state index in [9.17, 15) is 19.1 Å². The van der Waals surface area contributed by atoms with E-state index in [1.54, 1.807) is 33.9 Å². The number of aliphatic hydroxyl groups is 1. The van der Waals surface area contributed by atoms with Crippen LogP contribution in [0.2, 0.25) is 0 Å². The highest BCUT2D eigenvalue weighted by molar-refractivity contribution is 7.92. The van der Waals surface area contributed by atoms with Crippen molar-refractivity contribution in [3.05, 3.63) is 33.9 Å². The SMILES string of the molecule is CN(CCCCO)c1cc(CS(C)(=O)=NC(=O)OC(C)(C)C)cc([N+](=O)[O-])c1. The number of nitrogens with zero attached hydrogens (tertiary/aromatic N) is 3. The number of amides is 1. The molecule has 28 heavy (non-hydrogen) atoms. The highest BCUT2D eigenvalue weighted by Crippen LogP contribution is 2.25. The zero-order valence-electron chi connectivity index (χ0n) is 17.0. The van der Waals surface area contributed by atoms with Gasteiger partial charge in [0.25, 0.3) is 5.69 Å². The fourth-order valence-corrected chi connectivity index (χ4v) is 3.64. The average Bonchev–Trinajstić information content (AvgIpc) is 2.51. The number of nitro groups is 1. The summed E-state index contributed by atoms with van der Waals surface area (Å²) < 4.78 is 21.5. The predicted octanol–water partition coefficient (Wildman–Crippen LogP) is 3.34. The van der Waals surface area contributed by atoms with Crippen LogP contribution in [-0.4, -0.2) is 52.4 Å². The first-order valence-corrected chi connectivity index (χ1v) is 11.0. The highest BCUT2D eigenvalue weighted by Gasteiger charge is 2.19. The van der Waals surface area contributed by atoms with E-state index >= 15 is 0 Å². The van der Waals surface area contributed by atoms with Crippen molar-refractivity contribution in [2.75, 3.05) is 31.4 Å². The molecule has 0 aromatic heterocycles. The molecule has 0 heterocycles. The molecule has 10 heteroatoms. The summed E-state index contributed by atoms with van der Waals surface area (Å²) in [4.78, 5) is 24.4. The molecule has 0 bridgehead atoms. The van der Waals surface area contributed by atoms with Crippen molar-refractivity contribution >= 4 is 27.2 Å². The lowest BCUT2D eigenvalue weighted by Gasteiger charge is -2.20. The zero-order valence-corrected chi connectivity index (χ0v) is 17.8. The number of hydrogen-bond donors (Lipinski definition) is 1. The van der Waals surface area contributed by atoms with Crippen molar-refractivity contribution < 1.29 is 23.8 Å². The van der Waals surface area contributed by atoms with Gasteiger partial charge in [0.15, 0.2) is 0 Å². The van der Waals surface area contributed by atoms with Crippen LogP contribution in [0.5, 0.6) is 0 Å². The third-order valence-electron chi connectivity index (χ3n) is 3.61. The van der Waals surface area contributed by atoms with Crippen molar-refractivity contribution in [2.24, 2.45) is 4.36 Å². The summed E-state index contributed by atoms with van der Waals surface area (Å²) in [7, 11) is -1.20. The fraction of sp³-hybridized carbons (Fsp3) is 0.611. The lowest BCUT2D eigenvalue weighted by atomic mass is 10.1. The Labute approximate surface area is 166 Å². The van der Waals surface area contributed by atoms with Crippen LogP contribution in [-0.2, 0) is 20.2 Å². The molecule has 0 spiro atoms. The molecule has 1 aromatic rings. The maximum absolute atomic E-state index is 12.7. The largest absolute Gasteiger partial charge is 0.442 e. The molecule has 1 N–H and O–H groups in total.